The number of nitrogens with two attached hydrogens (primary N) is 1. The Bertz CT molecular complexity index is 998. The van der Waals surface area contributed by atoms with Gasteiger partial charge in [0.25, 0.3) is 0 Å². The summed E-state index contributed by atoms with van der Waals surface area (Å²) >= 11 is 0. The second-order valence-corrected chi connectivity index (χ2v) is 7.51. The number of carbonyl (C=O) groups is 1. The molecule has 0 radical (unpaired) electrons. The van der Waals surface area contributed by atoms with Gasteiger partial charge in [0, 0.05) is 43.2 Å². The topological polar surface area (TPSA) is 64.2 Å². The van der Waals surface area contributed by atoms with Crippen molar-refractivity contribution < 1.29 is 39.9 Å². The molecular formula is C19H18F8N4O. The van der Waals surface area contributed by atoms with Crippen molar-refractivity contribution in [2.45, 2.75) is 50.7 Å². The Balaban J connectivity index is 1.75. The SMILES string of the molecule is N[C@@H](CC(=O)N1CCc2c(c(C(F)(F)F)nn2CC(F)(F)F)C1)Cc1cc(F)ccc1F. The molecule has 3 rings (SSSR count). The molecular weight excluding hydrogens is 452 g/mol. The lowest BCUT2D eigenvalue weighted by Crippen LogP contribution is -2.40. The van der Waals surface area contributed by atoms with Crippen molar-refractivity contribution in [2.24, 2.45) is 5.73 Å². The first-order valence-electron chi connectivity index (χ1n) is 9.44. The van der Waals surface area contributed by atoms with Gasteiger partial charge in [-0.1, -0.05) is 0 Å². The molecule has 2 N–H and O–H groups in total. The van der Waals surface area contributed by atoms with E-state index in [-0.39, 0.29) is 41.7 Å². The van der Waals surface area contributed by atoms with E-state index in [1.165, 1.54) is 0 Å². The molecule has 0 bridgehead atoms. The van der Waals surface area contributed by atoms with E-state index < -0.39 is 60.3 Å². The molecule has 1 aliphatic heterocycles. The maximum atomic E-state index is 13.7. The third-order valence-corrected chi connectivity index (χ3v) is 5.01. The van der Waals surface area contributed by atoms with Crippen LogP contribution in [0, 0.1) is 11.6 Å². The smallest absolute Gasteiger partial charge is 0.338 e. The average molecular weight is 470 g/mol. The Morgan fingerprint density at radius 2 is 1.84 bits per heavy atom. The average Bonchev–Trinajstić information content (AvgIpc) is 3.01. The van der Waals surface area contributed by atoms with Gasteiger partial charge in [-0.3, -0.25) is 9.48 Å². The Morgan fingerprint density at radius 3 is 2.47 bits per heavy atom. The Kier molecular flexibility index (Phi) is 6.50. The fourth-order valence-corrected chi connectivity index (χ4v) is 3.64. The Hall–Kier alpha value is -2.70. The highest BCUT2D eigenvalue weighted by atomic mass is 19.4. The predicted molar refractivity (Wildman–Crippen MR) is 95.1 cm³/mol. The van der Waals surface area contributed by atoms with Crippen LogP contribution >= 0.6 is 0 Å². The van der Waals surface area contributed by atoms with E-state index in [0.29, 0.717) is 0 Å². The lowest BCUT2D eigenvalue weighted by atomic mass is 10.0. The zero-order chi connectivity index (χ0) is 23.8. The summed E-state index contributed by atoms with van der Waals surface area (Å²) in [6.07, 6.45) is -10.6. The molecule has 5 nitrogen and oxygen atoms in total. The Morgan fingerprint density at radius 1 is 1.16 bits per heavy atom. The lowest BCUT2D eigenvalue weighted by Gasteiger charge is -2.29. The van der Waals surface area contributed by atoms with E-state index in [4.69, 9.17) is 5.73 Å². The number of aromatic nitrogens is 2. The molecule has 13 heteroatoms. The number of rotatable bonds is 5. The monoisotopic (exact) mass is 470 g/mol. The molecule has 0 unspecified atom stereocenters. The number of halogens is 8. The fraction of sp³-hybridized carbons (Fsp3) is 0.474. The molecule has 176 valence electrons. The van der Waals surface area contributed by atoms with Gasteiger partial charge in [0.2, 0.25) is 5.91 Å². The molecule has 0 saturated carbocycles. The summed E-state index contributed by atoms with van der Waals surface area (Å²) in [7, 11) is 0. The van der Waals surface area contributed by atoms with Crippen molar-refractivity contribution in [1.29, 1.82) is 0 Å². The van der Waals surface area contributed by atoms with Gasteiger partial charge < -0.3 is 10.6 Å². The first kappa shape index (κ1) is 24.0. The van der Waals surface area contributed by atoms with Crippen LogP contribution in [-0.2, 0) is 36.9 Å². The van der Waals surface area contributed by atoms with Crippen LogP contribution in [0.2, 0.25) is 0 Å². The van der Waals surface area contributed by atoms with Gasteiger partial charge in [0.15, 0.2) is 5.69 Å². The molecule has 2 heterocycles. The zero-order valence-corrected chi connectivity index (χ0v) is 16.4. The van der Waals surface area contributed by atoms with Crippen molar-refractivity contribution in [2.75, 3.05) is 6.54 Å². The third-order valence-electron chi connectivity index (χ3n) is 5.01. The number of alkyl halides is 6. The van der Waals surface area contributed by atoms with Crippen molar-refractivity contribution in [3.63, 3.8) is 0 Å². The van der Waals surface area contributed by atoms with E-state index in [9.17, 15) is 39.9 Å². The van der Waals surface area contributed by atoms with Crippen LogP contribution in [0.3, 0.4) is 0 Å². The molecule has 1 atom stereocenters. The number of benzene rings is 1. The van der Waals surface area contributed by atoms with Gasteiger partial charge in [0.05, 0.1) is 0 Å². The highest BCUT2D eigenvalue weighted by molar-refractivity contribution is 5.77. The van der Waals surface area contributed by atoms with Crippen LogP contribution < -0.4 is 5.73 Å². The summed E-state index contributed by atoms with van der Waals surface area (Å²) in [5.74, 6) is -2.07. The van der Waals surface area contributed by atoms with Gasteiger partial charge in [0.1, 0.15) is 18.2 Å². The molecule has 1 aromatic carbocycles. The van der Waals surface area contributed by atoms with Crippen LogP contribution in [0.4, 0.5) is 35.1 Å². The van der Waals surface area contributed by atoms with Crippen molar-refractivity contribution in [3.05, 3.63) is 52.3 Å². The second kappa shape index (κ2) is 8.68. The van der Waals surface area contributed by atoms with Crippen molar-refractivity contribution >= 4 is 5.91 Å². The minimum Gasteiger partial charge on any atom is -0.338 e. The van der Waals surface area contributed by atoms with E-state index in [2.05, 4.69) is 5.10 Å². The van der Waals surface area contributed by atoms with E-state index in [1.807, 2.05) is 0 Å². The fourth-order valence-electron chi connectivity index (χ4n) is 3.64. The minimum absolute atomic E-state index is 0.0565. The van der Waals surface area contributed by atoms with Crippen LogP contribution in [0.1, 0.15) is 28.9 Å². The minimum atomic E-state index is -5.00. The number of fused-ring (bicyclic) bond motifs is 1. The van der Waals surface area contributed by atoms with Crippen molar-refractivity contribution in [1.82, 2.24) is 14.7 Å². The normalized spacial score (nSPS) is 15.6. The molecule has 1 aliphatic rings. The number of amides is 1. The first-order valence-corrected chi connectivity index (χ1v) is 9.44. The van der Waals surface area contributed by atoms with Crippen LogP contribution in [0.25, 0.3) is 0 Å². The summed E-state index contributed by atoms with van der Waals surface area (Å²) in [5.41, 5.74) is 3.59. The van der Waals surface area contributed by atoms with Gasteiger partial charge >= 0.3 is 12.4 Å². The number of hydrogen-bond donors (Lipinski definition) is 1. The molecule has 1 amide bonds. The predicted octanol–water partition coefficient (Wildman–Crippen LogP) is 3.59. The van der Waals surface area contributed by atoms with E-state index >= 15 is 0 Å². The summed E-state index contributed by atoms with van der Waals surface area (Å²) in [4.78, 5) is 13.6. The standard InChI is InChI=1S/C19H18F8N4O/c20-11-1-2-14(21)10(5-11)6-12(28)7-16(32)30-4-3-15-13(8-30)17(19(25,26)27)29-31(15)9-18(22,23)24/h1-2,5,12H,3-4,6-9,28H2/t12-/m1/s1. The van der Waals surface area contributed by atoms with E-state index in [0.717, 1.165) is 23.1 Å². The van der Waals surface area contributed by atoms with Crippen LogP contribution in [-0.4, -0.2) is 39.4 Å². The van der Waals surface area contributed by atoms with Gasteiger partial charge in [-0.05, 0) is 30.2 Å². The van der Waals surface area contributed by atoms with Crippen LogP contribution in [0.5, 0.6) is 0 Å². The number of hydrogen-bond acceptors (Lipinski definition) is 3. The maximum Gasteiger partial charge on any atom is 0.435 e. The zero-order valence-electron chi connectivity index (χ0n) is 16.4. The summed E-state index contributed by atoms with van der Waals surface area (Å²) in [6.45, 7) is -2.39. The Labute approximate surface area is 176 Å². The molecule has 0 saturated heterocycles. The maximum absolute atomic E-state index is 13.7. The van der Waals surface area contributed by atoms with Gasteiger partial charge in [-0.25, -0.2) is 8.78 Å². The molecule has 2 aromatic rings. The highest BCUT2D eigenvalue weighted by Gasteiger charge is 2.42. The largest absolute Gasteiger partial charge is 0.435 e. The van der Waals surface area contributed by atoms with Crippen molar-refractivity contribution in [3.8, 4) is 0 Å². The summed E-state index contributed by atoms with van der Waals surface area (Å²) < 4.78 is 105. The second-order valence-electron chi connectivity index (χ2n) is 7.51. The lowest BCUT2D eigenvalue weighted by molar-refractivity contribution is -0.149. The van der Waals surface area contributed by atoms with E-state index in [1.54, 1.807) is 0 Å². The summed E-state index contributed by atoms with van der Waals surface area (Å²) in [5, 5.41) is 3.11. The first-order chi connectivity index (χ1) is 14.7. The number of carbonyl (C=O) groups excluding carboxylic acids is 1. The number of nitrogens with zero attached hydrogens (tertiary/aromatic N) is 3. The third kappa shape index (κ3) is 5.56. The highest BCUT2D eigenvalue weighted by Crippen LogP contribution is 2.36. The quantitative estimate of drug-likeness (QED) is 0.680. The molecule has 0 fully saturated rings. The van der Waals surface area contributed by atoms with Crippen LogP contribution in [0.15, 0.2) is 18.2 Å². The molecule has 0 aliphatic carbocycles. The molecule has 0 spiro atoms. The summed E-state index contributed by atoms with van der Waals surface area (Å²) in [6, 6.07) is 1.80. The molecule has 32 heavy (non-hydrogen) atoms. The van der Waals surface area contributed by atoms with Gasteiger partial charge in [-0.15, -0.1) is 0 Å². The van der Waals surface area contributed by atoms with Gasteiger partial charge in [-0.2, -0.15) is 31.4 Å². The molecule has 1 aromatic heterocycles.